The Labute approximate surface area is 164 Å². The fourth-order valence-corrected chi connectivity index (χ4v) is 3.13. The van der Waals surface area contributed by atoms with Crippen LogP contribution in [0.15, 0.2) is 59.5 Å². The number of rotatable bonds is 8. The average Bonchev–Trinajstić information content (AvgIpc) is 2.71. The normalized spacial score (nSPS) is 10.8. The van der Waals surface area contributed by atoms with Crippen LogP contribution in [0.25, 0.3) is 22.5 Å². The minimum absolute atomic E-state index is 0.351. The van der Waals surface area contributed by atoms with Crippen LogP contribution < -0.4 is 5.56 Å². The zero-order chi connectivity index (χ0) is 19.9. The van der Waals surface area contributed by atoms with E-state index >= 15 is 0 Å². The van der Waals surface area contributed by atoms with E-state index in [1.807, 2.05) is 24.3 Å². The lowest BCUT2D eigenvalue weighted by atomic mass is 10.00. The Morgan fingerprint density at radius 1 is 0.929 bits per heavy atom. The summed E-state index contributed by atoms with van der Waals surface area (Å²) in [4.78, 5) is 29.3. The van der Waals surface area contributed by atoms with Gasteiger partial charge < -0.3 is 10.1 Å². The van der Waals surface area contributed by atoms with Crippen molar-refractivity contribution in [2.45, 2.75) is 39.0 Å². The van der Waals surface area contributed by atoms with Gasteiger partial charge in [-0.25, -0.2) is 9.78 Å². The minimum atomic E-state index is -1.29. The quantitative estimate of drug-likeness (QED) is 0.546. The first-order valence-electron chi connectivity index (χ1n) is 9.61. The second kappa shape index (κ2) is 9.13. The van der Waals surface area contributed by atoms with E-state index in [4.69, 9.17) is 5.11 Å². The zero-order valence-electron chi connectivity index (χ0n) is 15.9. The lowest BCUT2D eigenvalue weighted by Crippen LogP contribution is -2.18. The van der Waals surface area contributed by atoms with Crippen LogP contribution in [-0.4, -0.2) is 21.0 Å². The number of hydrogen-bond donors (Lipinski definition) is 2. The van der Waals surface area contributed by atoms with Crippen molar-refractivity contribution in [3.8, 4) is 22.5 Å². The SMILES string of the molecule is CCCCCCc1ccc(-c2ccc(-c3ncc(C(=O)O)c(=O)[nH]3)cc2)cc1. The molecule has 5 heteroatoms. The molecule has 0 aliphatic heterocycles. The molecular weight excluding hydrogens is 352 g/mol. The van der Waals surface area contributed by atoms with E-state index in [0.29, 0.717) is 5.82 Å². The number of H-pyrrole nitrogens is 1. The summed E-state index contributed by atoms with van der Waals surface area (Å²) in [5, 5.41) is 8.92. The van der Waals surface area contributed by atoms with Crippen LogP contribution in [0.5, 0.6) is 0 Å². The number of aromatic nitrogens is 2. The molecule has 2 N–H and O–H groups in total. The van der Waals surface area contributed by atoms with E-state index < -0.39 is 11.5 Å². The fraction of sp³-hybridized carbons (Fsp3) is 0.261. The molecule has 0 radical (unpaired) electrons. The van der Waals surface area contributed by atoms with Gasteiger partial charge in [0.1, 0.15) is 11.4 Å². The number of nitrogens with zero attached hydrogens (tertiary/aromatic N) is 1. The zero-order valence-corrected chi connectivity index (χ0v) is 15.9. The van der Waals surface area contributed by atoms with Gasteiger partial charge in [0.05, 0.1) is 0 Å². The summed E-state index contributed by atoms with van der Waals surface area (Å²) in [6.45, 7) is 2.22. The first-order chi connectivity index (χ1) is 13.6. The maximum Gasteiger partial charge on any atom is 0.342 e. The first-order valence-corrected chi connectivity index (χ1v) is 9.61. The van der Waals surface area contributed by atoms with E-state index in [0.717, 1.165) is 29.3 Å². The molecular formula is C23H24N2O3. The molecule has 3 rings (SSSR count). The van der Waals surface area contributed by atoms with Crippen LogP contribution in [-0.2, 0) is 6.42 Å². The molecule has 3 aromatic rings. The number of hydrogen-bond acceptors (Lipinski definition) is 3. The predicted octanol–water partition coefficient (Wildman–Crippen LogP) is 4.92. The lowest BCUT2D eigenvalue weighted by molar-refractivity contribution is 0.0694. The fourth-order valence-electron chi connectivity index (χ4n) is 3.13. The van der Waals surface area contributed by atoms with Crippen molar-refractivity contribution in [3.63, 3.8) is 0 Å². The van der Waals surface area contributed by atoms with Gasteiger partial charge in [0.25, 0.3) is 5.56 Å². The van der Waals surface area contributed by atoms with Gasteiger partial charge >= 0.3 is 5.97 Å². The van der Waals surface area contributed by atoms with Crippen molar-refractivity contribution in [2.24, 2.45) is 0 Å². The van der Waals surface area contributed by atoms with E-state index in [-0.39, 0.29) is 5.56 Å². The molecule has 0 unspecified atom stereocenters. The molecule has 0 spiro atoms. The van der Waals surface area contributed by atoms with Gasteiger partial charge in [-0.05, 0) is 29.5 Å². The van der Waals surface area contributed by atoms with Crippen molar-refractivity contribution < 1.29 is 9.90 Å². The minimum Gasteiger partial charge on any atom is -0.477 e. The molecule has 5 nitrogen and oxygen atoms in total. The Morgan fingerprint density at radius 2 is 1.54 bits per heavy atom. The summed E-state index contributed by atoms with van der Waals surface area (Å²) in [6.07, 6.45) is 7.26. The maximum atomic E-state index is 11.8. The van der Waals surface area contributed by atoms with Gasteiger partial charge in [-0.1, -0.05) is 74.7 Å². The number of aromatic amines is 1. The number of aromatic carboxylic acids is 1. The highest BCUT2D eigenvalue weighted by Crippen LogP contribution is 2.23. The number of carboxylic acids is 1. The Morgan fingerprint density at radius 3 is 2.11 bits per heavy atom. The molecule has 2 aromatic carbocycles. The first kappa shape index (κ1) is 19.5. The Bertz CT molecular complexity index is 990. The Hall–Kier alpha value is -3.21. The summed E-state index contributed by atoms with van der Waals surface area (Å²) >= 11 is 0. The number of benzene rings is 2. The van der Waals surface area contributed by atoms with Gasteiger partial charge in [-0.3, -0.25) is 4.79 Å². The summed E-state index contributed by atoms with van der Waals surface area (Å²) in [7, 11) is 0. The molecule has 0 aliphatic carbocycles. The molecule has 0 amide bonds. The van der Waals surface area contributed by atoms with Crippen molar-refractivity contribution in [1.29, 1.82) is 0 Å². The van der Waals surface area contributed by atoms with Crippen molar-refractivity contribution in [1.82, 2.24) is 9.97 Å². The van der Waals surface area contributed by atoms with Gasteiger partial charge in [-0.15, -0.1) is 0 Å². The average molecular weight is 376 g/mol. The smallest absolute Gasteiger partial charge is 0.342 e. The largest absolute Gasteiger partial charge is 0.477 e. The topological polar surface area (TPSA) is 83.0 Å². The van der Waals surface area contributed by atoms with E-state index in [1.54, 1.807) is 0 Å². The highest BCUT2D eigenvalue weighted by atomic mass is 16.4. The maximum absolute atomic E-state index is 11.8. The van der Waals surface area contributed by atoms with Crippen molar-refractivity contribution >= 4 is 5.97 Å². The second-order valence-corrected chi connectivity index (χ2v) is 6.86. The van der Waals surface area contributed by atoms with E-state index in [2.05, 4.69) is 41.2 Å². The van der Waals surface area contributed by atoms with Crippen LogP contribution >= 0.6 is 0 Å². The number of aryl methyl sites for hydroxylation is 1. The summed E-state index contributed by atoms with van der Waals surface area (Å²) in [5.74, 6) is -0.937. The molecule has 144 valence electrons. The number of carbonyl (C=O) groups is 1. The molecule has 1 aromatic heterocycles. The third-order valence-electron chi connectivity index (χ3n) is 4.79. The van der Waals surface area contributed by atoms with Crippen LogP contribution in [0.2, 0.25) is 0 Å². The lowest BCUT2D eigenvalue weighted by Gasteiger charge is -2.06. The summed E-state index contributed by atoms with van der Waals surface area (Å²) in [6, 6.07) is 16.3. The van der Waals surface area contributed by atoms with E-state index in [9.17, 15) is 9.59 Å². The second-order valence-electron chi connectivity index (χ2n) is 6.86. The molecule has 0 aliphatic rings. The van der Waals surface area contributed by atoms with Gasteiger partial charge in [-0.2, -0.15) is 0 Å². The summed E-state index contributed by atoms with van der Waals surface area (Å²) < 4.78 is 0. The predicted molar refractivity (Wildman–Crippen MR) is 111 cm³/mol. The number of carboxylic acid groups (broad SMARTS) is 1. The standard InChI is InChI=1S/C23H24N2O3/c1-2-3-4-5-6-16-7-9-17(10-8-16)18-11-13-19(14-12-18)21-24-15-20(23(27)28)22(26)25-21/h7-15H,2-6H2,1H3,(H,27,28)(H,24,25,26). The Balaban J connectivity index is 1.71. The van der Waals surface area contributed by atoms with Gasteiger partial charge in [0.15, 0.2) is 0 Å². The monoisotopic (exact) mass is 376 g/mol. The molecule has 0 atom stereocenters. The molecule has 0 fully saturated rings. The van der Waals surface area contributed by atoms with Gasteiger partial charge in [0, 0.05) is 11.8 Å². The summed E-state index contributed by atoms with van der Waals surface area (Å²) in [5.41, 5.74) is 3.27. The van der Waals surface area contributed by atoms with Crippen LogP contribution in [0.4, 0.5) is 0 Å². The van der Waals surface area contributed by atoms with Crippen LogP contribution in [0, 0.1) is 0 Å². The van der Waals surface area contributed by atoms with Crippen LogP contribution in [0.3, 0.4) is 0 Å². The van der Waals surface area contributed by atoms with Crippen LogP contribution in [0.1, 0.15) is 48.5 Å². The molecule has 0 bridgehead atoms. The highest BCUT2D eigenvalue weighted by Gasteiger charge is 2.10. The molecule has 28 heavy (non-hydrogen) atoms. The Kier molecular flexibility index (Phi) is 6.37. The molecule has 0 saturated carbocycles. The molecule has 1 heterocycles. The number of unbranched alkanes of at least 4 members (excludes halogenated alkanes) is 3. The third-order valence-corrected chi connectivity index (χ3v) is 4.79. The van der Waals surface area contributed by atoms with Gasteiger partial charge in [0.2, 0.25) is 0 Å². The van der Waals surface area contributed by atoms with Crippen molar-refractivity contribution in [2.75, 3.05) is 0 Å². The van der Waals surface area contributed by atoms with E-state index in [1.165, 1.54) is 31.2 Å². The number of nitrogens with one attached hydrogen (secondary N) is 1. The third kappa shape index (κ3) is 4.74. The highest BCUT2D eigenvalue weighted by molar-refractivity contribution is 5.86. The molecule has 0 saturated heterocycles. The van der Waals surface area contributed by atoms with Crippen molar-refractivity contribution in [3.05, 3.63) is 76.2 Å².